The molecule has 0 radical (unpaired) electrons. The maximum absolute atomic E-state index is 9.28. The van der Waals surface area contributed by atoms with Crippen LogP contribution < -0.4 is 5.32 Å². The fourth-order valence-corrected chi connectivity index (χ4v) is 3.29. The maximum atomic E-state index is 9.28. The molecule has 0 aliphatic carbocycles. The number of benzene rings is 1. The normalized spacial score (nSPS) is 10.6. The van der Waals surface area contributed by atoms with E-state index in [4.69, 9.17) is 11.6 Å². The first kappa shape index (κ1) is 13.8. The standard InChI is InChI=1S/C15H11ClN4S/c1-8-5-13(11(7-17)9(2)18-8)20-15-19-12-4-3-10(16)6-14(12)21-15/h3-6H,1-2H3,(H,18,19,20). The van der Waals surface area contributed by atoms with Gasteiger partial charge in [0.1, 0.15) is 6.07 Å². The van der Waals surface area contributed by atoms with Crippen LogP contribution >= 0.6 is 22.9 Å². The van der Waals surface area contributed by atoms with Crippen LogP contribution in [0.1, 0.15) is 17.0 Å². The number of anilines is 2. The second-order valence-electron chi connectivity index (χ2n) is 4.64. The molecular weight excluding hydrogens is 304 g/mol. The van der Waals surface area contributed by atoms with Gasteiger partial charge in [-0.3, -0.25) is 4.98 Å². The number of halogens is 1. The monoisotopic (exact) mass is 314 g/mol. The molecule has 0 spiro atoms. The summed E-state index contributed by atoms with van der Waals surface area (Å²) in [7, 11) is 0. The van der Waals surface area contributed by atoms with Gasteiger partial charge < -0.3 is 5.32 Å². The zero-order valence-electron chi connectivity index (χ0n) is 11.4. The third-order valence-corrected chi connectivity index (χ3v) is 4.20. The van der Waals surface area contributed by atoms with E-state index < -0.39 is 0 Å². The molecule has 0 unspecified atom stereocenters. The van der Waals surface area contributed by atoms with Crippen molar-refractivity contribution in [2.75, 3.05) is 5.32 Å². The Morgan fingerprint density at radius 1 is 1.24 bits per heavy atom. The number of nitriles is 1. The Labute approximate surface area is 131 Å². The lowest BCUT2D eigenvalue weighted by molar-refractivity contribution is 1.11. The molecule has 6 heteroatoms. The van der Waals surface area contributed by atoms with E-state index in [0.29, 0.717) is 16.3 Å². The Kier molecular flexibility index (Phi) is 3.50. The molecule has 0 fully saturated rings. The van der Waals surface area contributed by atoms with E-state index in [2.05, 4.69) is 21.4 Å². The van der Waals surface area contributed by atoms with Crippen LogP contribution in [0.25, 0.3) is 10.2 Å². The molecular formula is C15H11ClN4S. The van der Waals surface area contributed by atoms with Gasteiger partial charge in [-0.05, 0) is 38.1 Å². The number of nitrogens with one attached hydrogen (secondary N) is 1. The number of thiazole rings is 1. The molecule has 0 saturated heterocycles. The highest BCUT2D eigenvalue weighted by Gasteiger charge is 2.11. The molecule has 0 saturated carbocycles. The molecule has 104 valence electrons. The van der Waals surface area contributed by atoms with Gasteiger partial charge in [-0.15, -0.1) is 0 Å². The lowest BCUT2D eigenvalue weighted by Gasteiger charge is -2.08. The van der Waals surface area contributed by atoms with Crippen molar-refractivity contribution in [1.29, 1.82) is 5.26 Å². The van der Waals surface area contributed by atoms with Crippen molar-refractivity contribution in [3.8, 4) is 6.07 Å². The number of aromatic nitrogens is 2. The number of hydrogen-bond acceptors (Lipinski definition) is 5. The predicted octanol–water partition coefficient (Wildman–Crippen LogP) is 4.58. The summed E-state index contributed by atoms with van der Waals surface area (Å²) in [5.74, 6) is 0. The van der Waals surface area contributed by atoms with Crippen molar-refractivity contribution >= 4 is 44.0 Å². The van der Waals surface area contributed by atoms with Crippen LogP contribution in [0.4, 0.5) is 10.8 Å². The molecule has 4 nitrogen and oxygen atoms in total. The molecule has 0 aliphatic rings. The van der Waals surface area contributed by atoms with E-state index in [1.54, 1.807) is 0 Å². The molecule has 1 N–H and O–H groups in total. The zero-order valence-corrected chi connectivity index (χ0v) is 13.0. The average molecular weight is 315 g/mol. The fraction of sp³-hybridized carbons (Fsp3) is 0.133. The highest BCUT2D eigenvalue weighted by atomic mass is 35.5. The van der Waals surface area contributed by atoms with Crippen molar-refractivity contribution in [3.63, 3.8) is 0 Å². The first-order chi connectivity index (χ1) is 10.1. The summed E-state index contributed by atoms with van der Waals surface area (Å²) in [5, 5.41) is 13.9. The number of nitrogens with zero attached hydrogens (tertiary/aromatic N) is 3. The number of fused-ring (bicyclic) bond motifs is 1. The van der Waals surface area contributed by atoms with Crippen LogP contribution in [0.3, 0.4) is 0 Å². The van der Waals surface area contributed by atoms with Crippen molar-refractivity contribution < 1.29 is 0 Å². The van der Waals surface area contributed by atoms with Crippen molar-refractivity contribution in [3.05, 3.63) is 46.2 Å². The number of rotatable bonds is 2. The second kappa shape index (κ2) is 5.32. The lowest BCUT2D eigenvalue weighted by Crippen LogP contribution is -1.99. The van der Waals surface area contributed by atoms with Crippen molar-refractivity contribution in [2.45, 2.75) is 13.8 Å². The Bertz CT molecular complexity index is 879. The minimum absolute atomic E-state index is 0.540. The molecule has 0 atom stereocenters. The van der Waals surface area contributed by atoms with Crippen LogP contribution in [0.2, 0.25) is 5.02 Å². The minimum atomic E-state index is 0.540. The topological polar surface area (TPSA) is 61.6 Å². The van der Waals surface area contributed by atoms with Gasteiger partial charge in [-0.1, -0.05) is 22.9 Å². The molecule has 0 amide bonds. The summed E-state index contributed by atoms with van der Waals surface area (Å²) < 4.78 is 1.01. The number of pyridine rings is 1. The number of hydrogen-bond donors (Lipinski definition) is 1. The van der Waals surface area contributed by atoms with E-state index in [9.17, 15) is 5.26 Å². The Hall–Kier alpha value is -2.16. The Morgan fingerprint density at radius 2 is 2.05 bits per heavy atom. The molecule has 2 heterocycles. The first-order valence-corrected chi connectivity index (χ1v) is 7.48. The van der Waals surface area contributed by atoms with E-state index in [0.717, 1.165) is 26.7 Å². The quantitative estimate of drug-likeness (QED) is 0.752. The molecule has 3 rings (SSSR count). The summed E-state index contributed by atoms with van der Waals surface area (Å²) in [5.41, 5.74) is 3.72. The summed E-state index contributed by atoms with van der Waals surface area (Å²) in [6.07, 6.45) is 0. The van der Waals surface area contributed by atoms with Gasteiger partial charge in [0.25, 0.3) is 0 Å². The molecule has 0 bridgehead atoms. The smallest absolute Gasteiger partial charge is 0.188 e. The van der Waals surface area contributed by atoms with Crippen LogP contribution in [0.15, 0.2) is 24.3 Å². The summed E-state index contributed by atoms with van der Waals surface area (Å²) in [6, 6.07) is 9.62. The van der Waals surface area contributed by atoms with Gasteiger partial charge in [0.2, 0.25) is 0 Å². The highest BCUT2D eigenvalue weighted by molar-refractivity contribution is 7.22. The lowest BCUT2D eigenvalue weighted by atomic mass is 10.1. The molecule has 1 aromatic carbocycles. The minimum Gasteiger partial charge on any atom is -0.330 e. The zero-order chi connectivity index (χ0) is 15.0. The van der Waals surface area contributed by atoms with Gasteiger partial charge in [-0.2, -0.15) is 5.26 Å². The van der Waals surface area contributed by atoms with E-state index in [-0.39, 0.29) is 0 Å². The second-order valence-corrected chi connectivity index (χ2v) is 6.11. The third kappa shape index (κ3) is 2.68. The average Bonchev–Trinajstić information content (AvgIpc) is 2.79. The van der Waals surface area contributed by atoms with Gasteiger partial charge >= 0.3 is 0 Å². The van der Waals surface area contributed by atoms with E-state index in [1.807, 2.05) is 38.1 Å². The van der Waals surface area contributed by atoms with Gasteiger partial charge in [0.15, 0.2) is 5.13 Å². The molecule has 2 aromatic heterocycles. The Balaban J connectivity index is 2.04. The van der Waals surface area contributed by atoms with Crippen LogP contribution in [-0.2, 0) is 0 Å². The van der Waals surface area contributed by atoms with E-state index >= 15 is 0 Å². The van der Waals surface area contributed by atoms with Crippen molar-refractivity contribution in [1.82, 2.24) is 9.97 Å². The van der Waals surface area contributed by atoms with Gasteiger partial charge in [-0.25, -0.2) is 4.98 Å². The van der Waals surface area contributed by atoms with Gasteiger partial charge in [0.05, 0.1) is 27.2 Å². The summed E-state index contributed by atoms with van der Waals surface area (Å²) in [4.78, 5) is 8.81. The largest absolute Gasteiger partial charge is 0.330 e. The van der Waals surface area contributed by atoms with Crippen LogP contribution in [-0.4, -0.2) is 9.97 Å². The van der Waals surface area contributed by atoms with Crippen LogP contribution in [0.5, 0.6) is 0 Å². The first-order valence-electron chi connectivity index (χ1n) is 6.28. The number of aryl methyl sites for hydroxylation is 2. The van der Waals surface area contributed by atoms with Crippen molar-refractivity contribution in [2.24, 2.45) is 0 Å². The summed E-state index contributed by atoms with van der Waals surface area (Å²) in [6.45, 7) is 3.73. The van der Waals surface area contributed by atoms with Gasteiger partial charge in [0, 0.05) is 10.7 Å². The summed E-state index contributed by atoms with van der Waals surface area (Å²) >= 11 is 7.49. The Morgan fingerprint density at radius 3 is 2.81 bits per heavy atom. The molecule has 3 aromatic rings. The molecule has 21 heavy (non-hydrogen) atoms. The highest BCUT2D eigenvalue weighted by Crippen LogP contribution is 2.31. The SMILES string of the molecule is Cc1cc(Nc2nc3ccc(Cl)cc3s2)c(C#N)c(C)n1. The van der Waals surface area contributed by atoms with E-state index in [1.165, 1.54) is 11.3 Å². The molecule has 0 aliphatic heterocycles. The fourth-order valence-electron chi connectivity index (χ4n) is 2.14. The maximum Gasteiger partial charge on any atom is 0.188 e. The van der Waals surface area contributed by atoms with Crippen LogP contribution in [0, 0.1) is 25.2 Å². The predicted molar refractivity (Wildman–Crippen MR) is 86.3 cm³/mol. The third-order valence-electron chi connectivity index (χ3n) is 3.03.